The third kappa shape index (κ3) is 9.86. The first-order valence-electron chi connectivity index (χ1n) is 19.6. The van der Waals surface area contributed by atoms with Crippen molar-refractivity contribution in [2.45, 2.75) is 108 Å². The number of urea groups is 1. The van der Waals surface area contributed by atoms with Gasteiger partial charge in [-0.3, -0.25) is 24.0 Å². The van der Waals surface area contributed by atoms with Crippen LogP contribution >= 0.6 is 22.6 Å². The Labute approximate surface area is 348 Å². The van der Waals surface area contributed by atoms with Crippen molar-refractivity contribution in [2.75, 3.05) is 25.0 Å². The van der Waals surface area contributed by atoms with E-state index in [4.69, 9.17) is 4.74 Å². The van der Waals surface area contributed by atoms with Crippen LogP contribution in [0.3, 0.4) is 0 Å². The summed E-state index contributed by atoms with van der Waals surface area (Å²) in [7, 11) is 0. The van der Waals surface area contributed by atoms with Crippen molar-refractivity contribution in [3.63, 3.8) is 0 Å². The Morgan fingerprint density at radius 3 is 2.21 bits per heavy atom. The van der Waals surface area contributed by atoms with Gasteiger partial charge in [-0.15, -0.1) is 0 Å². The zero-order chi connectivity index (χ0) is 41.8. The molecule has 0 spiro atoms. The first-order chi connectivity index (χ1) is 27.6. The second-order valence-electron chi connectivity index (χ2n) is 15.6. The summed E-state index contributed by atoms with van der Waals surface area (Å²) in [5.41, 5.74) is 0.416. The predicted octanol–water partition coefficient (Wildman–Crippen LogP) is 2.85. The quantitative estimate of drug-likeness (QED) is 0.252. The minimum Gasteiger partial charge on any atom is -0.458 e. The normalized spacial score (nSPS) is 27.5. The predicted molar refractivity (Wildman–Crippen MR) is 214 cm³/mol. The molecule has 2 aromatic rings. The maximum absolute atomic E-state index is 14.7. The van der Waals surface area contributed by atoms with Crippen LogP contribution in [0.1, 0.15) is 64.9 Å². The van der Waals surface area contributed by atoms with Gasteiger partial charge in [0.05, 0.1) is 0 Å². The van der Waals surface area contributed by atoms with Gasteiger partial charge in [0.1, 0.15) is 54.0 Å². The average molecular weight is 920 g/mol. The maximum Gasteiger partial charge on any atom is 0.329 e. The number of nitrogens with one attached hydrogen (secondary N) is 4. The zero-order valence-corrected chi connectivity index (χ0v) is 34.6. The number of fused-ring (bicyclic) bond motifs is 3. The summed E-state index contributed by atoms with van der Waals surface area (Å²) in [6.07, 6.45) is 0.811. The number of anilines is 1. The fourth-order valence-corrected chi connectivity index (χ4v) is 8.61. The Morgan fingerprint density at radius 2 is 1.50 bits per heavy atom. The first-order valence-corrected chi connectivity index (χ1v) is 20.7. The fourth-order valence-electron chi connectivity index (χ4n) is 8.25. The van der Waals surface area contributed by atoms with Gasteiger partial charge in [-0.1, -0.05) is 6.92 Å². The van der Waals surface area contributed by atoms with Gasteiger partial charge >= 0.3 is 12.0 Å². The van der Waals surface area contributed by atoms with Gasteiger partial charge in [-0.25, -0.2) is 18.4 Å². The van der Waals surface area contributed by atoms with Crippen LogP contribution in [-0.2, 0) is 39.9 Å². The molecule has 312 valence electrons. The lowest BCUT2D eigenvalue weighted by Crippen LogP contribution is -2.63. The molecule has 4 fully saturated rings. The molecule has 2 aromatic carbocycles. The summed E-state index contributed by atoms with van der Waals surface area (Å²) in [5.74, 6) is -5.95. The third-order valence-electron chi connectivity index (χ3n) is 11.1. The van der Waals surface area contributed by atoms with Crippen LogP contribution in [0, 0.1) is 21.1 Å². The van der Waals surface area contributed by atoms with Crippen molar-refractivity contribution in [3.8, 4) is 0 Å². The summed E-state index contributed by atoms with van der Waals surface area (Å²) in [6, 6.07) is 1.51. The molecule has 8 atom stereocenters. The van der Waals surface area contributed by atoms with E-state index in [-0.39, 0.29) is 44.0 Å². The molecule has 15 nitrogen and oxygen atoms in total. The molecule has 18 heteroatoms. The van der Waals surface area contributed by atoms with Crippen LogP contribution in [0.25, 0.3) is 0 Å². The molecular formula is C40H48F2IN7O8. The van der Waals surface area contributed by atoms with Crippen LogP contribution < -0.4 is 21.3 Å². The molecule has 6 rings (SSSR count). The highest BCUT2D eigenvalue weighted by molar-refractivity contribution is 14.1. The van der Waals surface area contributed by atoms with E-state index in [9.17, 15) is 42.3 Å². The summed E-state index contributed by atoms with van der Waals surface area (Å²) in [5, 5.41) is 10.6. The van der Waals surface area contributed by atoms with Crippen LogP contribution in [-0.4, -0.2) is 118 Å². The van der Waals surface area contributed by atoms with E-state index in [0.29, 0.717) is 37.4 Å². The molecule has 0 radical (unpaired) electrons. The van der Waals surface area contributed by atoms with E-state index in [2.05, 4.69) is 43.9 Å². The zero-order valence-electron chi connectivity index (χ0n) is 32.5. The van der Waals surface area contributed by atoms with Crippen molar-refractivity contribution < 1.29 is 47.1 Å². The number of halogens is 3. The number of rotatable bonds is 6. The lowest BCUT2D eigenvalue weighted by Gasteiger charge is -2.39. The van der Waals surface area contributed by atoms with E-state index in [1.165, 1.54) is 28.5 Å². The van der Waals surface area contributed by atoms with E-state index in [0.717, 1.165) is 15.7 Å². The highest BCUT2D eigenvalue weighted by Gasteiger charge is 2.47. The Kier molecular flexibility index (Phi) is 13.5. The number of hydrogen-bond donors (Lipinski definition) is 4. The Bertz CT molecular complexity index is 1920. The minimum atomic E-state index is -1.62. The van der Waals surface area contributed by atoms with E-state index in [1.54, 1.807) is 24.3 Å². The van der Waals surface area contributed by atoms with Crippen molar-refractivity contribution in [1.29, 1.82) is 0 Å². The van der Waals surface area contributed by atoms with E-state index >= 15 is 0 Å². The molecule has 4 N–H and O–H groups in total. The largest absolute Gasteiger partial charge is 0.458 e. The summed E-state index contributed by atoms with van der Waals surface area (Å²) >= 11 is 2.10. The molecular weight excluding hydrogens is 871 g/mol. The van der Waals surface area contributed by atoms with Crippen molar-refractivity contribution in [1.82, 2.24) is 30.7 Å². The number of ether oxygens (including phenoxy) is 1. The average Bonchev–Trinajstić information content (AvgIpc) is 3.83. The minimum absolute atomic E-state index is 0.0238. The van der Waals surface area contributed by atoms with Crippen molar-refractivity contribution in [2.24, 2.45) is 5.92 Å². The van der Waals surface area contributed by atoms with Gasteiger partial charge in [0.25, 0.3) is 0 Å². The number of esters is 1. The molecule has 4 saturated heterocycles. The van der Waals surface area contributed by atoms with Gasteiger partial charge in [0.15, 0.2) is 0 Å². The first kappa shape index (κ1) is 42.7. The lowest BCUT2D eigenvalue weighted by molar-refractivity contribution is -0.163. The molecule has 4 aliphatic heterocycles. The molecule has 4 heterocycles. The molecule has 58 heavy (non-hydrogen) atoms. The Hall–Kier alpha value is -4.88. The van der Waals surface area contributed by atoms with Crippen LogP contribution in [0.2, 0.25) is 0 Å². The van der Waals surface area contributed by atoms with Crippen molar-refractivity contribution in [3.05, 3.63) is 63.2 Å². The third-order valence-corrected chi connectivity index (χ3v) is 11.8. The standard InChI is InChI=1S/C40H48F2IN7O8/c1-21-15-32-39(56)58-23(3)33(47-34(51)29(18-24-16-25(41)19-26(42)17-24)46-40(57)45-28-11-9-27(43)10-12-28)38(55)49-14-6-8-31(49)37(54)48-13-5-4-7-30(48)35(52)44-22(2)36(53)50(32)20-21/h9-12,16-17,19,21-23,29-33H,4-8,13-15,18,20H2,1-3H3,(H,44,52)(H,47,51)(H2,45,46,57)/t21-,22+,23-,29+,30+,31+,32+,33+/m1/s1. The molecule has 4 aliphatic rings. The number of carbonyl (C=O) groups is 7. The van der Waals surface area contributed by atoms with Crippen LogP contribution in [0.15, 0.2) is 42.5 Å². The number of cyclic esters (lactones) is 1. The number of benzene rings is 2. The number of piperidine rings is 1. The summed E-state index contributed by atoms with van der Waals surface area (Å²) < 4.78 is 35.4. The maximum atomic E-state index is 14.7. The molecule has 0 unspecified atom stereocenters. The van der Waals surface area contributed by atoms with Crippen molar-refractivity contribution >= 4 is 69.8 Å². The molecule has 7 amide bonds. The topological polar surface area (TPSA) is 187 Å². The molecule has 0 saturated carbocycles. The Balaban J connectivity index is 1.34. The van der Waals surface area contributed by atoms with Crippen LogP contribution in [0.4, 0.5) is 19.3 Å². The van der Waals surface area contributed by atoms with E-state index < -0.39 is 102 Å². The smallest absolute Gasteiger partial charge is 0.329 e. The highest BCUT2D eigenvalue weighted by atomic mass is 127. The van der Waals surface area contributed by atoms with E-state index in [1.807, 2.05) is 6.92 Å². The SMILES string of the molecule is C[C@@H]1C[C@H]2C(=O)O[C@H](C)[C@H](NC(=O)[C@H](Cc3cc(F)cc(F)c3)NC(=O)Nc3ccc(I)cc3)C(=O)N3CCC[C@H]3C(=O)N3CCCC[C@H]3C(=O)N[C@@H](C)C(=O)N2C1. The van der Waals surface area contributed by atoms with Gasteiger partial charge in [0, 0.05) is 41.4 Å². The summed E-state index contributed by atoms with van der Waals surface area (Å²) in [4.78, 5) is 102. The second kappa shape index (κ2) is 18.4. The molecule has 0 aliphatic carbocycles. The summed E-state index contributed by atoms with van der Waals surface area (Å²) in [6.45, 7) is 5.37. The number of hydrogen-bond acceptors (Lipinski definition) is 8. The Morgan fingerprint density at radius 1 is 0.845 bits per heavy atom. The van der Waals surface area contributed by atoms with Gasteiger partial charge in [-0.2, -0.15) is 0 Å². The van der Waals surface area contributed by atoms with Gasteiger partial charge in [0.2, 0.25) is 29.5 Å². The van der Waals surface area contributed by atoms with Gasteiger partial charge in [-0.05, 0) is 123 Å². The highest BCUT2D eigenvalue weighted by Crippen LogP contribution is 2.29. The second-order valence-corrected chi connectivity index (χ2v) is 16.8. The number of nitrogens with zero attached hydrogens (tertiary/aromatic N) is 3. The monoisotopic (exact) mass is 919 g/mol. The van der Waals surface area contributed by atoms with Crippen LogP contribution in [0.5, 0.6) is 0 Å². The lowest BCUT2D eigenvalue weighted by atomic mass is 9.99. The number of carbonyl (C=O) groups excluding carboxylic acids is 7. The number of amides is 7. The molecule has 0 bridgehead atoms. The fraction of sp³-hybridized carbons (Fsp3) is 0.525. The molecule has 0 aromatic heterocycles. The van der Waals surface area contributed by atoms with Gasteiger partial charge < -0.3 is 40.7 Å².